The van der Waals surface area contributed by atoms with E-state index >= 15 is 0 Å². The van der Waals surface area contributed by atoms with Gasteiger partial charge in [0, 0.05) is 6.54 Å². The molecule has 4 aliphatic rings. The van der Waals surface area contributed by atoms with Crippen LogP contribution in [0.25, 0.3) is 0 Å². The fraction of sp³-hybridized carbons (Fsp3) is 0.625. The maximum absolute atomic E-state index is 13.4. The van der Waals surface area contributed by atoms with E-state index in [-0.39, 0.29) is 16.9 Å². The molecule has 6 rings (SSSR count). The minimum Gasteiger partial charge on any atom is -0.497 e. The van der Waals surface area contributed by atoms with Crippen molar-refractivity contribution in [3.05, 3.63) is 42.0 Å². The zero-order chi connectivity index (χ0) is 20.8. The SMILES string of the molecule is COc1ccc(CCCNC(=O)C23C[C@H]4C[C@@H](C2)CC(n2cnc(C)n2)(C4)C3)cc1. The molecule has 4 aliphatic carbocycles. The van der Waals surface area contributed by atoms with Gasteiger partial charge in [-0.3, -0.25) is 4.79 Å². The second-order valence-corrected chi connectivity index (χ2v) is 9.91. The Balaban J connectivity index is 1.23. The van der Waals surface area contributed by atoms with Crippen LogP contribution in [0.5, 0.6) is 5.75 Å². The van der Waals surface area contributed by atoms with Gasteiger partial charge >= 0.3 is 0 Å². The summed E-state index contributed by atoms with van der Waals surface area (Å²) in [5, 5.41) is 7.97. The van der Waals surface area contributed by atoms with E-state index in [0.29, 0.717) is 11.8 Å². The van der Waals surface area contributed by atoms with Gasteiger partial charge in [0.1, 0.15) is 17.9 Å². The van der Waals surface area contributed by atoms with Gasteiger partial charge in [-0.15, -0.1) is 0 Å². The number of hydrogen-bond donors (Lipinski definition) is 1. The zero-order valence-corrected chi connectivity index (χ0v) is 18.1. The van der Waals surface area contributed by atoms with Gasteiger partial charge in [-0.05, 0) is 87.8 Å². The number of benzene rings is 1. The molecule has 1 heterocycles. The molecule has 30 heavy (non-hydrogen) atoms. The van der Waals surface area contributed by atoms with Crippen molar-refractivity contribution in [1.82, 2.24) is 20.1 Å². The van der Waals surface area contributed by atoms with E-state index in [9.17, 15) is 4.79 Å². The van der Waals surface area contributed by atoms with Crippen molar-refractivity contribution in [3.8, 4) is 5.75 Å². The van der Waals surface area contributed by atoms with Gasteiger partial charge in [0.2, 0.25) is 5.91 Å². The summed E-state index contributed by atoms with van der Waals surface area (Å²) in [4.78, 5) is 17.8. The Kier molecular flexibility index (Phi) is 4.83. The van der Waals surface area contributed by atoms with Crippen molar-refractivity contribution < 1.29 is 9.53 Å². The molecule has 0 radical (unpaired) electrons. The fourth-order valence-electron chi connectivity index (χ4n) is 6.80. The molecule has 0 spiro atoms. The monoisotopic (exact) mass is 408 g/mol. The summed E-state index contributed by atoms with van der Waals surface area (Å²) in [5.41, 5.74) is 1.05. The predicted molar refractivity (Wildman–Crippen MR) is 114 cm³/mol. The number of nitrogens with zero attached hydrogens (tertiary/aromatic N) is 3. The summed E-state index contributed by atoms with van der Waals surface area (Å²) in [5.74, 6) is 3.25. The Bertz CT molecular complexity index is 906. The van der Waals surface area contributed by atoms with Crippen LogP contribution in [0.3, 0.4) is 0 Å². The summed E-state index contributed by atoms with van der Waals surface area (Å²) in [6.45, 7) is 2.68. The van der Waals surface area contributed by atoms with Crippen LogP contribution in [0.4, 0.5) is 0 Å². The predicted octanol–water partition coefficient (Wildman–Crippen LogP) is 3.64. The van der Waals surface area contributed by atoms with E-state index < -0.39 is 0 Å². The lowest BCUT2D eigenvalue weighted by Crippen LogP contribution is -2.61. The molecule has 4 fully saturated rings. The number of ether oxygens (including phenoxy) is 1. The van der Waals surface area contributed by atoms with E-state index in [2.05, 4.69) is 32.2 Å². The largest absolute Gasteiger partial charge is 0.497 e. The molecular weight excluding hydrogens is 376 g/mol. The first-order valence-corrected chi connectivity index (χ1v) is 11.3. The highest BCUT2D eigenvalue weighted by molar-refractivity contribution is 5.83. The van der Waals surface area contributed by atoms with E-state index in [4.69, 9.17) is 4.74 Å². The molecule has 0 saturated heterocycles. The number of nitrogens with one attached hydrogen (secondary N) is 1. The highest BCUT2D eigenvalue weighted by Crippen LogP contribution is 2.64. The highest BCUT2D eigenvalue weighted by Gasteiger charge is 2.61. The number of carbonyl (C=O) groups is 1. The van der Waals surface area contributed by atoms with Crippen LogP contribution in [-0.4, -0.2) is 34.3 Å². The Hall–Kier alpha value is -2.37. The first-order chi connectivity index (χ1) is 14.5. The Morgan fingerprint density at radius 3 is 2.57 bits per heavy atom. The van der Waals surface area contributed by atoms with Gasteiger partial charge in [-0.25, -0.2) is 9.67 Å². The van der Waals surface area contributed by atoms with E-state index in [1.54, 1.807) is 7.11 Å². The highest BCUT2D eigenvalue weighted by atomic mass is 16.5. The average Bonchev–Trinajstić information content (AvgIpc) is 3.18. The second-order valence-electron chi connectivity index (χ2n) is 9.91. The minimum atomic E-state index is -0.218. The zero-order valence-electron chi connectivity index (χ0n) is 18.1. The first kappa shape index (κ1) is 19.6. The number of carbonyl (C=O) groups excluding carboxylic acids is 1. The number of amides is 1. The fourth-order valence-corrected chi connectivity index (χ4v) is 6.80. The molecular formula is C24H32N4O2. The first-order valence-electron chi connectivity index (χ1n) is 11.3. The molecule has 160 valence electrons. The van der Waals surface area contributed by atoms with Crippen LogP contribution in [0, 0.1) is 24.2 Å². The molecule has 4 atom stereocenters. The Labute approximate surface area is 178 Å². The van der Waals surface area contributed by atoms with Crippen LogP contribution in [0.2, 0.25) is 0 Å². The minimum absolute atomic E-state index is 0.00816. The van der Waals surface area contributed by atoms with Gasteiger partial charge in [-0.2, -0.15) is 5.10 Å². The molecule has 1 aromatic heterocycles. The normalized spacial score (nSPS) is 31.7. The number of aryl methyl sites for hydroxylation is 2. The lowest BCUT2D eigenvalue weighted by Gasteiger charge is -2.60. The van der Waals surface area contributed by atoms with E-state index in [0.717, 1.165) is 63.1 Å². The number of methoxy groups -OCH3 is 1. The van der Waals surface area contributed by atoms with Crippen molar-refractivity contribution >= 4 is 5.91 Å². The molecule has 6 nitrogen and oxygen atoms in total. The summed E-state index contributed by atoms with van der Waals surface area (Å²) >= 11 is 0. The average molecular weight is 409 g/mol. The van der Waals surface area contributed by atoms with Crippen LogP contribution >= 0.6 is 0 Å². The molecule has 1 amide bonds. The van der Waals surface area contributed by atoms with Gasteiger partial charge in [0.05, 0.1) is 18.1 Å². The van der Waals surface area contributed by atoms with Crippen molar-refractivity contribution in [2.75, 3.05) is 13.7 Å². The van der Waals surface area contributed by atoms with Gasteiger partial charge in [0.15, 0.2) is 0 Å². The smallest absolute Gasteiger partial charge is 0.226 e. The maximum atomic E-state index is 13.4. The topological polar surface area (TPSA) is 69.0 Å². The molecule has 1 N–H and O–H groups in total. The third-order valence-corrected chi connectivity index (χ3v) is 7.69. The van der Waals surface area contributed by atoms with Gasteiger partial charge in [0.25, 0.3) is 0 Å². The molecule has 6 heteroatoms. The van der Waals surface area contributed by atoms with Crippen molar-refractivity contribution in [3.63, 3.8) is 0 Å². The lowest BCUT2D eigenvalue weighted by atomic mass is 9.46. The Morgan fingerprint density at radius 1 is 1.20 bits per heavy atom. The molecule has 2 aromatic rings. The quantitative estimate of drug-likeness (QED) is 0.710. The van der Waals surface area contributed by atoms with E-state index in [1.165, 1.54) is 12.0 Å². The summed E-state index contributed by atoms with van der Waals surface area (Å²) in [6, 6.07) is 8.19. The summed E-state index contributed by atoms with van der Waals surface area (Å²) < 4.78 is 7.32. The van der Waals surface area contributed by atoms with E-state index in [1.807, 2.05) is 25.4 Å². The van der Waals surface area contributed by atoms with Crippen LogP contribution in [0.15, 0.2) is 30.6 Å². The van der Waals surface area contributed by atoms with Gasteiger partial charge < -0.3 is 10.1 Å². The third-order valence-electron chi connectivity index (χ3n) is 7.69. The maximum Gasteiger partial charge on any atom is 0.226 e. The third kappa shape index (κ3) is 3.40. The lowest BCUT2D eigenvalue weighted by molar-refractivity contribution is -0.156. The van der Waals surface area contributed by atoms with Crippen LogP contribution in [0.1, 0.15) is 56.3 Å². The Morgan fingerprint density at radius 2 is 1.93 bits per heavy atom. The van der Waals surface area contributed by atoms with Gasteiger partial charge in [-0.1, -0.05) is 12.1 Å². The van der Waals surface area contributed by atoms with Crippen LogP contribution < -0.4 is 10.1 Å². The summed E-state index contributed by atoms with van der Waals surface area (Å²) in [7, 11) is 1.68. The molecule has 2 unspecified atom stereocenters. The molecule has 0 aliphatic heterocycles. The molecule has 4 bridgehead atoms. The number of aromatic nitrogens is 3. The second kappa shape index (κ2) is 7.40. The number of hydrogen-bond acceptors (Lipinski definition) is 4. The number of rotatable bonds is 7. The molecule has 1 aromatic carbocycles. The van der Waals surface area contributed by atoms with Crippen molar-refractivity contribution in [2.45, 2.75) is 63.8 Å². The molecule has 4 saturated carbocycles. The van der Waals surface area contributed by atoms with Crippen LogP contribution in [-0.2, 0) is 16.8 Å². The standard InChI is InChI=1S/C24H32N4O2/c1-17-26-16-28(27-17)24-13-19-10-20(14-24)12-23(11-19,15-24)22(29)25-9-3-4-18-5-7-21(30-2)8-6-18/h5-8,16,19-20H,3-4,9-15H2,1-2H3,(H,25,29)/t19-,20+,23?,24?. The van der Waals surface area contributed by atoms with Crippen molar-refractivity contribution in [2.24, 2.45) is 17.3 Å². The van der Waals surface area contributed by atoms with Crippen molar-refractivity contribution in [1.29, 1.82) is 0 Å². The summed E-state index contributed by atoms with van der Waals surface area (Å²) in [6.07, 6.45) is 10.4.